The fourth-order valence-electron chi connectivity index (χ4n) is 5.15. The van der Waals surface area contributed by atoms with Crippen molar-refractivity contribution in [1.29, 1.82) is 0 Å². The molecule has 266 valence electrons. The van der Waals surface area contributed by atoms with Crippen LogP contribution >= 0.6 is 0 Å². The Morgan fingerprint density at radius 1 is 0.745 bits per heavy atom. The molecule has 0 aliphatic rings. The molecule has 0 bridgehead atoms. The van der Waals surface area contributed by atoms with E-state index in [1.54, 1.807) is 0 Å². The van der Waals surface area contributed by atoms with Crippen molar-refractivity contribution in [2.75, 3.05) is 13.1 Å². The average Bonchev–Trinajstić information content (AvgIpc) is 3.01. The van der Waals surface area contributed by atoms with Gasteiger partial charge in [0.25, 0.3) is 5.91 Å². The summed E-state index contributed by atoms with van der Waals surface area (Å²) in [4.78, 5) is 65.7. The summed E-state index contributed by atoms with van der Waals surface area (Å²) in [5.41, 5.74) is 0.244. The molecular weight excluding hydrogens is 602 g/mol. The number of carbonyl (C=O) groups is 5. The van der Waals surface area contributed by atoms with Crippen LogP contribution in [0.25, 0.3) is 0 Å². The van der Waals surface area contributed by atoms with Crippen LogP contribution in [0.3, 0.4) is 0 Å². The monoisotopic (exact) mass is 661 g/mol. The van der Waals surface area contributed by atoms with Gasteiger partial charge in [-0.25, -0.2) is 0 Å². The first-order valence-corrected chi connectivity index (χ1v) is 17.1. The van der Waals surface area contributed by atoms with Crippen LogP contribution < -0.4 is 36.6 Å². The Morgan fingerprint density at radius 3 is 1.87 bits per heavy atom. The Bertz CT molecular complexity index is 1140. The van der Waals surface area contributed by atoms with Crippen LogP contribution in [0.1, 0.15) is 105 Å². The molecule has 13 heteroatoms. The van der Waals surface area contributed by atoms with Gasteiger partial charge in [0.2, 0.25) is 23.6 Å². The lowest BCUT2D eigenvalue weighted by atomic mass is 9.97. The number of hydrogen-bond acceptors (Lipinski definition) is 7. The number of nitrogens with one attached hydrogen (secondary N) is 6. The minimum absolute atomic E-state index is 0.0978. The summed E-state index contributed by atoms with van der Waals surface area (Å²) in [7, 11) is 0. The third-order valence-electron chi connectivity index (χ3n) is 8.09. The summed E-state index contributed by atoms with van der Waals surface area (Å²) in [6, 6.07) is -0.556. The van der Waals surface area contributed by atoms with Gasteiger partial charge in [-0.2, -0.15) is 4.73 Å². The molecule has 1 heterocycles. The molecule has 6 N–H and O–H groups in total. The third kappa shape index (κ3) is 14.3. The molecule has 47 heavy (non-hydrogen) atoms. The Kier molecular flexibility index (Phi) is 18.6. The van der Waals surface area contributed by atoms with Gasteiger partial charge in [-0.05, 0) is 43.9 Å². The van der Waals surface area contributed by atoms with Crippen LogP contribution in [-0.4, -0.2) is 72.8 Å². The van der Waals surface area contributed by atoms with Crippen molar-refractivity contribution in [2.24, 2.45) is 17.8 Å². The predicted molar refractivity (Wildman–Crippen MR) is 182 cm³/mol. The molecule has 13 nitrogen and oxygen atoms in total. The summed E-state index contributed by atoms with van der Waals surface area (Å²) in [6.45, 7) is 18.0. The number of hydrogen-bond donors (Lipinski definition) is 6. The fourth-order valence-corrected chi connectivity index (χ4v) is 5.15. The van der Waals surface area contributed by atoms with E-state index in [9.17, 15) is 29.2 Å². The molecule has 5 amide bonds. The molecule has 0 saturated heterocycles. The van der Waals surface area contributed by atoms with Crippen molar-refractivity contribution in [3.63, 3.8) is 0 Å². The zero-order chi connectivity index (χ0) is 35.7. The van der Waals surface area contributed by atoms with Crippen LogP contribution in [0, 0.1) is 23.0 Å². The third-order valence-corrected chi connectivity index (χ3v) is 8.09. The topological polar surface area (TPSA) is 184 Å². The molecule has 0 aliphatic carbocycles. The highest BCUT2D eigenvalue weighted by Gasteiger charge is 2.32. The lowest BCUT2D eigenvalue weighted by Crippen LogP contribution is -2.58. The molecule has 1 aromatic heterocycles. The van der Waals surface area contributed by atoms with Crippen LogP contribution in [0.2, 0.25) is 0 Å². The van der Waals surface area contributed by atoms with Gasteiger partial charge in [0.05, 0.1) is 11.6 Å². The van der Waals surface area contributed by atoms with Crippen molar-refractivity contribution < 1.29 is 28.7 Å². The maximum atomic E-state index is 13.6. The minimum atomic E-state index is -0.898. The molecule has 0 saturated carbocycles. The Labute approximate surface area is 280 Å². The quantitative estimate of drug-likeness (QED) is 0.0859. The normalized spacial score (nSPS) is 15.1. The number of likely N-dealkylation sites (N-methyl/N-ethyl adjacent to an activating group) is 1. The van der Waals surface area contributed by atoms with Gasteiger partial charge in [0.1, 0.15) is 18.1 Å². The number of pyridine rings is 1. The number of rotatable bonds is 21. The highest BCUT2D eigenvalue weighted by atomic mass is 16.5. The van der Waals surface area contributed by atoms with Crippen molar-refractivity contribution >= 4 is 29.5 Å². The van der Waals surface area contributed by atoms with Crippen LogP contribution in [0.5, 0.6) is 0 Å². The molecule has 0 spiro atoms. The predicted octanol–water partition coefficient (Wildman–Crippen LogP) is 1.93. The lowest BCUT2D eigenvalue weighted by Gasteiger charge is -2.29. The second kappa shape index (κ2) is 21.2. The maximum absolute atomic E-state index is 13.6. The molecule has 0 aliphatic heterocycles. The van der Waals surface area contributed by atoms with E-state index in [-0.39, 0.29) is 47.1 Å². The van der Waals surface area contributed by atoms with E-state index in [0.29, 0.717) is 49.9 Å². The van der Waals surface area contributed by atoms with Crippen LogP contribution in [0.15, 0.2) is 24.5 Å². The number of aromatic nitrogens is 1. The first-order chi connectivity index (χ1) is 22.2. The fraction of sp³-hybridized carbons (Fsp3) is 0.706. The first-order valence-electron chi connectivity index (χ1n) is 17.1. The SMILES string of the molecule is CCC[C@H](NC(=O)[C@@H](NC(=O)c1cc[n+]([O-])cc1)[C@@H](C)CC)C(=O)N[C@H](CN[C@@H](CC)C(=O)N[C@H](C(=O)NCC)C(C)C)CC(C)C. The second-order valence-corrected chi connectivity index (χ2v) is 13.0. The Morgan fingerprint density at radius 2 is 1.36 bits per heavy atom. The highest BCUT2D eigenvalue weighted by Crippen LogP contribution is 2.12. The summed E-state index contributed by atoms with van der Waals surface area (Å²) in [5.74, 6) is -1.92. The number of amides is 5. The van der Waals surface area contributed by atoms with E-state index >= 15 is 0 Å². The molecule has 6 atom stereocenters. The zero-order valence-corrected chi connectivity index (χ0v) is 29.8. The maximum Gasteiger partial charge on any atom is 0.252 e. The number of carbonyl (C=O) groups excluding carboxylic acids is 5. The standard InChI is InChI=1S/C34H59N7O6/c1-10-14-27(38-34(46)29(23(9)11-2)40-30(42)24-15-17-41(47)18-16-24)32(44)37-25(19-21(5)6)20-36-26(12-3)31(43)39-28(22(7)8)33(45)35-13-4/h15-18,21-23,25-29,36H,10-14,19-20H2,1-9H3,(H,35,45)(H,37,44)(H,38,46)(H,39,43)(H,40,42)/t23-,25-,26-,27-,28-,29-/m0/s1. The lowest BCUT2D eigenvalue weighted by molar-refractivity contribution is -0.605. The molecule has 0 aromatic carbocycles. The average molecular weight is 662 g/mol. The van der Waals surface area contributed by atoms with Gasteiger partial charge in [0.15, 0.2) is 12.4 Å². The number of nitrogens with zero attached hydrogens (tertiary/aromatic N) is 1. The van der Waals surface area contributed by atoms with Crippen molar-refractivity contribution in [1.82, 2.24) is 31.9 Å². The zero-order valence-electron chi connectivity index (χ0n) is 29.8. The minimum Gasteiger partial charge on any atom is -0.619 e. The summed E-state index contributed by atoms with van der Waals surface area (Å²) >= 11 is 0. The van der Waals surface area contributed by atoms with E-state index in [0.717, 1.165) is 0 Å². The van der Waals surface area contributed by atoms with Gasteiger partial charge in [-0.15, -0.1) is 0 Å². The van der Waals surface area contributed by atoms with Crippen molar-refractivity contribution in [3.05, 3.63) is 35.3 Å². The van der Waals surface area contributed by atoms with E-state index in [4.69, 9.17) is 0 Å². The Balaban J connectivity index is 3.03. The first kappa shape index (κ1) is 41.3. The molecule has 0 unspecified atom stereocenters. The van der Waals surface area contributed by atoms with E-state index in [1.165, 1.54) is 24.5 Å². The van der Waals surface area contributed by atoms with Crippen molar-refractivity contribution in [3.8, 4) is 0 Å². The van der Waals surface area contributed by atoms with Gasteiger partial charge in [-0.3, -0.25) is 24.0 Å². The molecule has 1 aromatic rings. The van der Waals surface area contributed by atoms with Crippen LogP contribution in [-0.2, 0) is 19.2 Å². The van der Waals surface area contributed by atoms with Gasteiger partial charge < -0.3 is 37.1 Å². The Hall–Kier alpha value is -3.74. The van der Waals surface area contributed by atoms with Gasteiger partial charge in [-0.1, -0.05) is 68.2 Å². The van der Waals surface area contributed by atoms with E-state index in [2.05, 4.69) is 31.9 Å². The van der Waals surface area contributed by atoms with Gasteiger partial charge in [0, 0.05) is 31.3 Å². The molecule has 1 rings (SSSR count). The smallest absolute Gasteiger partial charge is 0.252 e. The molecule has 0 radical (unpaired) electrons. The largest absolute Gasteiger partial charge is 0.619 e. The van der Waals surface area contributed by atoms with Crippen LogP contribution in [0.4, 0.5) is 0 Å². The van der Waals surface area contributed by atoms with Crippen molar-refractivity contribution in [2.45, 2.75) is 125 Å². The van der Waals surface area contributed by atoms with E-state index < -0.39 is 36.0 Å². The van der Waals surface area contributed by atoms with E-state index in [1.807, 2.05) is 62.3 Å². The molecule has 0 fully saturated rings. The highest BCUT2D eigenvalue weighted by molar-refractivity contribution is 5.98. The van der Waals surface area contributed by atoms with Gasteiger partial charge >= 0.3 is 0 Å². The summed E-state index contributed by atoms with van der Waals surface area (Å²) in [6.07, 6.45) is 5.15. The second-order valence-electron chi connectivity index (χ2n) is 13.0. The summed E-state index contributed by atoms with van der Waals surface area (Å²) < 4.78 is 0.569. The molecular formula is C34H59N7O6. The summed E-state index contributed by atoms with van der Waals surface area (Å²) in [5, 5.41) is 29.0.